The lowest BCUT2D eigenvalue weighted by atomic mass is 10.1. The number of aromatic nitrogens is 1. The first-order chi connectivity index (χ1) is 7.63. The molecule has 0 aliphatic heterocycles. The van der Waals surface area contributed by atoms with E-state index in [-0.39, 0.29) is 11.8 Å². The number of carbonyl (C=O) groups excluding carboxylic acids is 1. The molecule has 0 saturated carbocycles. The predicted octanol–water partition coefficient (Wildman–Crippen LogP) is 0.301. The minimum absolute atomic E-state index is 0.163. The van der Waals surface area contributed by atoms with Crippen molar-refractivity contribution < 1.29 is 9.53 Å². The summed E-state index contributed by atoms with van der Waals surface area (Å²) in [6.45, 7) is 3.03. The van der Waals surface area contributed by atoms with Gasteiger partial charge < -0.3 is 15.8 Å². The number of pyridine rings is 1. The summed E-state index contributed by atoms with van der Waals surface area (Å²) < 4.78 is 5.01. The Labute approximate surface area is 95.0 Å². The van der Waals surface area contributed by atoms with E-state index in [9.17, 15) is 4.79 Å². The van der Waals surface area contributed by atoms with Gasteiger partial charge in [0.25, 0.3) is 0 Å². The van der Waals surface area contributed by atoms with Crippen LogP contribution in [0.1, 0.15) is 12.5 Å². The van der Waals surface area contributed by atoms with E-state index in [1.807, 2.05) is 12.1 Å². The van der Waals surface area contributed by atoms with Crippen LogP contribution >= 0.6 is 0 Å². The van der Waals surface area contributed by atoms with Crippen molar-refractivity contribution in [3.63, 3.8) is 0 Å². The molecule has 1 atom stereocenters. The van der Waals surface area contributed by atoms with Gasteiger partial charge in [-0.15, -0.1) is 0 Å². The van der Waals surface area contributed by atoms with Gasteiger partial charge in [0, 0.05) is 31.3 Å². The largest absolute Gasteiger partial charge is 0.481 e. The Balaban J connectivity index is 2.39. The second-order valence-corrected chi connectivity index (χ2v) is 3.64. The molecular formula is C11H17N3O2. The molecule has 1 aromatic heterocycles. The molecule has 1 unspecified atom stereocenters. The summed E-state index contributed by atoms with van der Waals surface area (Å²) >= 11 is 0. The molecule has 1 amide bonds. The molecule has 1 heterocycles. The number of nitrogens with zero attached hydrogens (tertiary/aromatic N) is 1. The molecule has 16 heavy (non-hydrogen) atoms. The van der Waals surface area contributed by atoms with E-state index in [4.69, 9.17) is 10.5 Å². The van der Waals surface area contributed by atoms with E-state index in [1.54, 1.807) is 20.2 Å². The number of nitrogens with one attached hydrogen (secondary N) is 1. The molecule has 3 N–H and O–H groups in total. The molecule has 0 aromatic carbocycles. The van der Waals surface area contributed by atoms with Crippen molar-refractivity contribution in [2.45, 2.75) is 13.5 Å². The third-order valence-electron chi connectivity index (χ3n) is 2.27. The van der Waals surface area contributed by atoms with Gasteiger partial charge in [-0.1, -0.05) is 6.92 Å². The zero-order valence-electron chi connectivity index (χ0n) is 9.56. The number of rotatable bonds is 6. The van der Waals surface area contributed by atoms with Gasteiger partial charge in [-0.25, -0.2) is 4.98 Å². The van der Waals surface area contributed by atoms with Gasteiger partial charge in [0.15, 0.2) is 0 Å². The number of amides is 1. The highest BCUT2D eigenvalue weighted by atomic mass is 16.5. The van der Waals surface area contributed by atoms with Crippen LogP contribution in [0.15, 0.2) is 18.3 Å². The van der Waals surface area contributed by atoms with Crippen LogP contribution in [0.2, 0.25) is 0 Å². The summed E-state index contributed by atoms with van der Waals surface area (Å²) in [7, 11) is 1.58. The van der Waals surface area contributed by atoms with Crippen LogP contribution in [0.4, 0.5) is 0 Å². The van der Waals surface area contributed by atoms with Crippen LogP contribution in [0.5, 0.6) is 5.88 Å². The fraction of sp³-hybridized carbons (Fsp3) is 0.455. The van der Waals surface area contributed by atoms with Crippen molar-refractivity contribution in [1.29, 1.82) is 0 Å². The fourth-order valence-corrected chi connectivity index (χ4v) is 1.21. The molecule has 0 aliphatic carbocycles. The van der Waals surface area contributed by atoms with Gasteiger partial charge in [0.2, 0.25) is 11.8 Å². The smallest absolute Gasteiger partial charge is 0.221 e. The van der Waals surface area contributed by atoms with E-state index in [2.05, 4.69) is 10.3 Å². The van der Waals surface area contributed by atoms with Crippen LogP contribution in [0.3, 0.4) is 0 Å². The monoisotopic (exact) mass is 223 g/mol. The van der Waals surface area contributed by atoms with E-state index >= 15 is 0 Å². The van der Waals surface area contributed by atoms with Crippen molar-refractivity contribution in [3.8, 4) is 5.88 Å². The molecule has 1 rings (SSSR count). The molecule has 88 valence electrons. The van der Waals surface area contributed by atoms with Crippen molar-refractivity contribution in [1.82, 2.24) is 10.3 Å². The Morgan fingerprint density at radius 2 is 2.44 bits per heavy atom. The quantitative estimate of drug-likeness (QED) is 0.727. The van der Waals surface area contributed by atoms with Crippen LogP contribution in [0.25, 0.3) is 0 Å². The molecule has 0 spiro atoms. The lowest BCUT2D eigenvalue weighted by Gasteiger charge is -2.09. The molecular weight excluding hydrogens is 206 g/mol. The lowest BCUT2D eigenvalue weighted by molar-refractivity contribution is -0.121. The summed E-state index contributed by atoms with van der Waals surface area (Å²) in [6.07, 6.45) is 1.69. The molecule has 1 aromatic rings. The number of methoxy groups -OCH3 is 1. The number of primary amides is 1. The van der Waals surface area contributed by atoms with E-state index in [0.717, 1.165) is 5.56 Å². The van der Waals surface area contributed by atoms with Gasteiger partial charge in [-0.05, 0) is 11.6 Å². The van der Waals surface area contributed by atoms with Gasteiger partial charge in [0.05, 0.1) is 7.11 Å². The Bertz CT molecular complexity index is 355. The van der Waals surface area contributed by atoms with Crippen LogP contribution in [-0.2, 0) is 11.3 Å². The Kier molecular flexibility index (Phi) is 4.72. The SMILES string of the molecule is COc1cc(CNCC(C)C(N)=O)ccn1. The average Bonchev–Trinajstić information content (AvgIpc) is 2.29. The third kappa shape index (κ3) is 3.86. The summed E-state index contributed by atoms with van der Waals surface area (Å²) in [5.41, 5.74) is 6.21. The minimum atomic E-state index is -0.292. The molecule has 0 fully saturated rings. The molecule has 0 aliphatic rings. The number of hydrogen-bond acceptors (Lipinski definition) is 4. The van der Waals surface area contributed by atoms with Crippen LogP contribution < -0.4 is 15.8 Å². The highest BCUT2D eigenvalue weighted by Gasteiger charge is 2.07. The maximum Gasteiger partial charge on any atom is 0.221 e. The first kappa shape index (κ1) is 12.4. The molecule has 0 radical (unpaired) electrons. The molecule has 0 bridgehead atoms. The normalized spacial score (nSPS) is 12.1. The molecule has 0 saturated heterocycles. The minimum Gasteiger partial charge on any atom is -0.481 e. The maximum absolute atomic E-state index is 10.8. The van der Waals surface area contributed by atoms with Crippen molar-refractivity contribution >= 4 is 5.91 Å². The average molecular weight is 223 g/mol. The number of hydrogen-bond donors (Lipinski definition) is 2. The lowest BCUT2D eigenvalue weighted by Crippen LogP contribution is -2.30. The van der Waals surface area contributed by atoms with Gasteiger partial charge in [-0.3, -0.25) is 4.79 Å². The summed E-state index contributed by atoms with van der Waals surface area (Å²) in [5.74, 6) is 0.130. The summed E-state index contributed by atoms with van der Waals surface area (Å²) in [5, 5.41) is 3.15. The van der Waals surface area contributed by atoms with Crippen molar-refractivity contribution in [3.05, 3.63) is 23.9 Å². The predicted molar refractivity (Wildman–Crippen MR) is 60.9 cm³/mol. The molecule has 5 nitrogen and oxygen atoms in total. The number of ether oxygens (including phenoxy) is 1. The number of nitrogens with two attached hydrogens (primary N) is 1. The van der Waals surface area contributed by atoms with Gasteiger partial charge >= 0.3 is 0 Å². The van der Waals surface area contributed by atoms with E-state index < -0.39 is 0 Å². The Hall–Kier alpha value is -1.62. The number of carbonyl (C=O) groups is 1. The van der Waals surface area contributed by atoms with Crippen LogP contribution in [-0.4, -0.2) is 24.5 Å². The van der Waals surface area contributed by atoms with Crippen molar-refractivity contribution in [2.24, 2.45) is 11.7 Å². The maximum atomic E-state index is 10.8. The topological polar surface area (TPSA) is 77.2 Å². The Morgan fingerprint density at radius 3 is 3.06 bits per heavy atom. The third-order valence-corrected chi connectivity index (χ3v) is 2.27. The summed E-state index contributed by atoms with van der Waals surface area (Å²) in [6, 6.07) is 3.74. The second-order valence-electron chi connectivity index (χ2n) is 3.64. The zero-order valence-corrected chi connectivity index (χ0v) is 9.56. The second kappa shape index (κ2) is 6.07. The van der Waals surface area contributed by atoms with Crippen LogP contribution in [0, 0.1) is 5.92 Å². The fourth-order valence-electron chi connectivity index (χ4n) is 1.21. The van der Waals surface area contributed by atoms with Gasteiger partial charge in [-0.2, -0.15) is 0 Å². The zero-order chi connectivity index (χ0) is 12.0. The van der Waals surface area contributed by atoms with Crippen molar-refractivity contribution in [2.75, 3.05) is 13.7 Å². The van der Waals surface area contributed by atoms with Gasteiger partial charge in [0.1, 0.15) is 0 Å². The van der Waals surface area contributed by atoms with E-state index in [0.29, 0.717) is 19.0 Å². The standard InChI is InChI=1S/C11H17N3O2/c1-8(11(12)15)6-13-7-9-3-4-14-10(5-9)16-2/h3-5,8,13H,6-7H2,1-2H3,(H2,12,15). The van der Waals surface area contributed by atoms with E-state index in [1.165, 1.54) is 0 Å². The molecule has 5 heteroatoms. The highest BCUT2D eigenvalue weighted by Crippen LogP contribution is 2.08. The Morgan fingerprint density at radius 1 is 1.69 bits per heavy atom. The summed E-state index contributed by atoms with van der Waals surface area (Å²) in [4.78, 5) is 14.8. The first-order valence-electron chi connectivity index (χ1n) is 5.12. The highest BCUT2D eigenvalue weighted by molar-refractivity contribution is 5.76. The first-order valence-corrected chi connectivity index (χ1v) is 5.12.